The molecule has 0 atom stereocenters. The normalized spacial score (nSPS) is 12.0. The van der Waals surface area contributed by atoms with Crippen molar-refractivity contribution >= 4 is 5.97 Å². The van der Waals surface area contributed by atoms with Gasteiger partial charge in [-0.15, -0.1) is 0 Å². The summed E-state index contributed by atoms with van der Waals surface area (Å²) in [7, 11) is 0. The summed E-state index contributed by atoms with van der Waals surface area (Å²) in [6, 6.07) is 0. The van der Waals surface area contributed by atoms with Gasteiger partial charge in [0.05, 0.1) is 0 Å². The average molecular weight is 419 g/mol. The van der Waals surface area contributed by atoms with E-state index in [0.29, 0.717) is 6.42 Å². The Morgan fingerprint density at radius 1 is 0.533 bits per heavy atom. The lowest BCUT2D eigenvalue weighted by molar-refractivity contribution is -0.137. The van der Waals surface area contributed by atoms with Crippen LogP contribution >= 0.6 is 0 Å². The first-order valence-corrected chi connectivity index (χ1v) is 12.9. The average Bonchev–Trinajstić information content (AvgIpc) is 2.73. The van der Waals surface area contributed by atoms with Crippen molar-refractivity contribution in [3.05, 3.63) is 36.5 Å². The zero-order valence-corrected chi connectivity index (χ0v) is 20.0. The van der Waals surface area contributed by atoms with E-state index >= 15 is 0 Å². The highest BCUT2D eigenvalue weighted by atomic mass is 16.4. The topological polar surface area (TPSA) is 37.3 Å². The second-order valence-electron chi connectivity index (χ2n) is 8.56. The first-order valence-electron chi connectivity index (χ1n) is 12.9. The van der Waals surface area contributed by atoms with Crippen LogP contribution in [0.4, 0.5) is 0 Å². The van der Waals surface area contributed by atoms with Crippen LogP contribution in [0.15, 0.2) is 36.5 Å². The fourth-order valence-electron chi connectivity index (χ4n) is 3.60. The molecule has 0 aromatic carbocycles. The zero-order chi connectivity index (χ0) is 22.0. The summed E-state index contributed by atoms with van der Waals surface area (Å²) >= 11 is 0. The third kappa shape index (κ3) is 26.7. The summed E-state index contributed by atoms with van der Waals surface area (Å²) in [6.45, 7) is 2.26. The molecule has 0 aliphatic heterocycles. The number of rotatable bonds is 23. The molecule has 30 heavy (non-hydrogen) atoms. The molecule has 0 amide bonds. The van der Waals surface area contributed by atoms with Crippen LogP contribution in [0.2, 0.25) is 0 Å². The zero-order valence-electron chi connectivity index (χ0n) is 20.0. The molecular formula is C28H50O2. The molecule has 0 heterocycles. The van der Waals surface area contributed by atoms with Crippen LogP contribution < -0.4 is 0 Å². The monoisotopic (exact) mass is 418 g/mol. The predicted octanol–water partition coefficient (Wildman–Crippen LogP) is 9.56. The van der Waals surface area contributed by atoms with E-state index in [1.807, 2.05) is 0 Å². The lowest BCUT2D eigenvalue weighted by atomic mass is 10.0. The summed E-state index contributed by atoms with van der Waals surface area (Å²) < 4.78 is 0. The van der Waals surface area contributed by atoms with Crippen LogP contribution in [0.5, 0.6) is 0 Å². The molecule has 0 radical (unpaired) electrons. The van der Waals surface area contributed by atoms with Crippen LogP contribution in [0, 0.1) is 0 Å². The Morgan fingerprint density at radius 2 is 0.900 bits per heavy atom. The summed E-state index contributed by atoms with van der Waals surface area (Å²) in [5.74, 6) is -0.658. The molecule has 0 saturated heterocycles. The number of aliphatic carboxylic acids is 1. The fraction of sp³-hybridized carbons (Fsp3) is 0.750. The molecule has 0 aromatic heterocycles. The third-order valence-electron chi connectivity index (χ3n) is 5.53. The maximum absolute atomic E-state index is 10.4. The second-order valence-corrected chi connectivity index (χ2v) is 8.56. The number of unbranched alkanes of at least 4 members (excludes halogenated alkanes) is 15. The Morgan fingerprint density at radius 3 is 1.33 bits per heavy atom. The van der Waals surface area contributed by atoms with Crippen LogP contribution in [0.3, 0.4) is 0 Å². The Balaban J connectivity index is 3.21. The van der Waals surface area contributed by atoms with Gasteiger partial charge >= 0.3 is 5.97 Å². The largest absolute Gasteiger partial charge is 0.481 e. The van der Waals surface area contributed by atoms with Crippen molar-refractivity contribution in [2.45, 2.75) is 135 Å². The Bertz CT molecular complexity index is 434. The summed E-state index contributed by atoms with van der Waals surface area (Å²) in [4.78, 5) is 10.4. The minimum absolute atomic E-state index is 0.336. The molecule has 0 fully saturated rings. The maximum atomic E-state index is 10.4. The lowest BCUT2D eigenvalue weighted by Crippen LogP contribution is -1.93. The number of carbonyl (C=O) groups is 1. The SMILES string of the molecule is CCCCCCC=CCC=CCC=CCCCCCCCCCCCCCC(=O)O. The molecule has 0 spiro atoms. The van der Waals surface area contributed by atoms with Crippen molar-refractivity contribution < 1.29 is 9.90 Å². The van der Waals surface area contributed by atoms with E-state index in [0.717, 1.165) is 25.7 Å². The molecule has 0 unspecified atom stereocenters. The smallest absolute Gasteiger partial charge is 0.303 e. The van der Waals surface area contributed by atoms with Gasteiger partial charge in [0.15, 0.2) is 0 Å². The number of allylic oxidation sites excluding steroid dienone is 6. The minimum atomic E-state index is -0.658. The van der Waals surface area contributed by atoms with Crippen LogP contribution in [-0.2, 0) is 4.79 Å². The van der Waals surface area contributed by atoms with Gasteiger partial charge in [0.1, 0.15) is 0 Å². The second kappa shape index (κ2) is 25.7. The maximum Gasteiger partial charge on any atom is 0.303 e. The molecule has 0 aliphatic carbocycles. The number of hydrogen-bond acceptors (Lipinski definition) is 1. The van der Waals surface area contributed by atoms with Gasteiger partial charge < -0.3 is 5.11 Å². The molecule has 174 valence electrons. The van der Waals surface area contributed by atoms with Gasteiger partial charge in [-0.25, -0.2) is 0 Å². The minimum Gasteiger partial charge on any atom is -0.481 e. The van der Waals surface area contributed by atoms with Gasteiger partial charge in [0.2, 0.25) is 0 Å². The Hall–Kier alpha value is -1.31. The molecule has 0 saturated carbocycles. The van der Waals surface area contributed by atoms with Crippen LogP contribution in [0.1, 0.15) is 135 Å². The van der Waals surface area contributed by atoms with Gasteiger partial charge in [-0.05, 0) is 44.9 Å². The number of hydrogen-bond donors (Lipinski definition) is 1. The highest BCUT2D eigenvalue weighted by Gasteiger charge is 1.96. The third-order valence-corrected chi connectivity index (χ3v) is 5.53. The molecule has 0 bridgehead atoms. The highest BCUT2D eigenvalue weighted by molar-refractivity contribution is 5.66. The summed E-state index contributed by atoms with van der Waals surface area (Å²) in [5.41, 5.74) is 0. The first-order chi connectivity index (χ1) is 14.8. The number of carboxylic acids is 1. The van der Waals surface area contributed by atoms with Crippen molar-refractivity contribution in [3.8, 4) is 0 Å². The van der Waals surface area contributed by atoms with E-state index in [1.165, 1.54) is 96.3 Å². The van der Waals surface area contributed by atoms with E-state index in [1.54, 1.807) is 0 Å². The molecule has 0 aromatic rings. The van der Waals surface area contributed by atoms with Gasteiger partial charge in [0.25, 0.3) is 0 Å². The Labute approximate surface area is 187 Å². The standard InChI is InChI=1S/C28H50O2/c1-2-3-4-5-6-7-8-9-10-11-12-13-14-15-16-17-18-19-20-21-22-23-24-25-26-27-28(29)30/h7-8,10-11,13-14H,2-6,9,12,15-27H2,1H3,(H,29,30). The van der Waals surface area contributed by atoms with Crippen molar-refractivity contribution in [1.29, 1.82) is 0 Å². The van der Waals surface area contributed by atoms with Gasteiger partial charge in [-0.2, -0.15) is 0 Å². The quantitative estimate of drug-likeness (QED) is 0.132. The van der Waals surface area contributed by atoms with Crippen molar-refractivity contribution in [3.63, 3.8) is 0 Å². The molecule has 0 aliphatic rings. The summed E-state index contributed by atoms with van der Waals surface area (Å²) in [5, 5.41) is 8.59. The van der Waals surface area contributed by atoms with E-state index in [-0.39, 0.29) is 0 Å². The van der Waals surface area contributed by atoms with E-state index < -0.39 is 5.97 Å². The van der Waals surface area contributed by atoms with Gasteiger partial charge in [-0.3, -0.25) is 4.79 Å². The Kier molecular flexibility index (Phi) is 24.6. The molecule has 2 heteroatoms. The van der Waals surface area contributed by atoms with Crippen molar-refractivity contribution in [2.24, 2.45) is 0 Å². The van der Waals surface area contributed by atoms with Crippen LogP contribution in [-0.4, -0.2) is 11.1 Å². The van der Waals surface area contributed by atoms with E-state index in [2.05, 4.69) is 43.4 Å². The predicted molar refractivity (Wildman–Crippen MR) is 133 cm³/mol. The van der Waals surface area contributed by atoms with Gasteiger partial charge in [-0.1, -0.05) is 120 Å². The van der Waals surface area contributed by atoms with E-state index in [4.69, 9.17) is 5.11 Å². The molecule has 2 nitrogen and oxygen atoms in total. The van der Waals surface area contributed by atoms with Gasteiger partial charge in [0, 0.05) is 6.42 Å². The molecule has 1 N–H and O–H groups in total. The molecule has 0 rings (SSSR count). The first kappa shape index (κ1) is 28.7. The fourth-order valence-corrected chi connectivity index (χ4v) is 3.60. The highest BCUT2D eigenvalue weighted by Crippen LogP contribution is 2.12. The lowest BCUT2D eigenvalue weighted by Gasteiger charge is -2.02. The molecular weight excluding hydrogens is 368 g/mol. The summed E-state index contributed by atoms with van der Waals surface area (Å²) in [6.07, 6.45) is 38.1. The van der Waals surface area contributed by atoms with Crippen LogP contribution in [0.25, 0.3) is 0 Å². The number of carboxylic acid groups (broad SMARTS) is 1. The van der Waals surface area contributed by atoms with Crippen molar-refractivity contribution in [2.75, 3.05) is 0 Å². The van der Waals surface area contributed by atoms with E-state index in [9.17, 15) is 4.79 Å². The van der Waals surface area contributed by atoms with Crippen molar-refractivity contribution in [1.82, 2.24) is 0 Å².